The molecule has 0 bridgehead atoms. The largest absolute Gasteiger partial charge is 0.304 e. The van der Waals surface area contributed by atoms with Crippen LogP contribution in [-0.2, 0) is 0 Å². The Balaban J connectivity index is 1.53. The second-order valence-corrected chi connectivity index (χ2v) is 9.55. The second-order valence-electron chi connectivity index (χ2n) is 9.55. The first-order valence-corrected chi connectivity index (χ1v) is 12.2. The zero-order valence-corrected chi connectivity index (χ0v) is 20.5. The summed E-state index contributed by atoms with van der Waals surface area (Å²) in [5.41, 5.74) is 6.61. The molecule has 174 valence electrons. The van der Waals surface area contributed by atoms with Crippen LogP contribution >= 0.6 is 0 Å². The molecule has 4 aromatic heterocycles. The maximum absolute atomic E-state index is 5.17. The Hall–Kier alpha value is -4.64. The first kappa shape index (κ1) is 20.7. The van der Waals surface area contributed by atoms with Gasteiger partial charge in [0.25, 0.3) is 0 Å². The summed E-state index contributed by atoms with van der Waals surface area (Å²) in [5.74, 6) is 1.68. The van der Waals surface area contributed by atoms with E-state index in [0.717, 1.165) is 39.4 Å². The van der Waals surface area contributed by atoms with E-state index >= 15 is 0 Å². The van der Waals surface area contributed by atoms with Crippen molar-refractivity contribution < 1.29 is 0 Å². The van der Waals surface area contributed by atoms with Crippen molar-refractivity contribution in [2.75, 3.05) is 4.90 Å². The highest BCUT2D eigenvalue weighted by atomic mass is 15.3. The van der Waals surface area contributed by atoms with E-state index in [1.54, 1.807) is 0 Å². The number of hydrogen-bond donors (Lipinski definition) is 0. The van der Waals surface area contributed by atoms with E-state index in [9.17, 15) is 0 Å². The van der Waals surface area contributed by atoms with E-state index in [2.05, 4.69) is 132 Å². The highest BCUT2D eigenvalue weighted by molar-refractivity contribution is 5.96. The van der Waals surface area contributed by atoms with Crippen LogP contribution in [0.15, 0.2) is 97.6 Å². The number of benzene rings is 3. The summed E-state index contributed by atoms with van der Waals surface area (Å²) in [5, 5.41) is 4.61. The lowest BCUT2D eigenvalue weighted by molar-refractivity contribution is 1.14. The summed E-state index contributed by atoms with van der Waals surface area (Å²) in [6.45, 7) is 6.47. The fourth-order valence-corrected chi connectivity index (χ4v) is 5.49. The Labute approximate surface area is 208 Å². The van der Waals surface area contributed by atoms with E-state index in [0.29, 0.717) is 0 Å². The molecule has 0 saturated heterocycles. The van der Waals surface area contributed by atoms with Crippen molar-refractivity contribution >= 4 is 50.2 Å². The molecule has 3 aromatic carbocycles. The van der Waals surface area contributed by atoms with Crippen molar-refractivity contribution in [3.8, 4) is 0 Å². The predicted molar refractivity (Wildman–Crippen MR) is 148 cm³/mol. The number of aryl methyl sites for hydroxylation is 3. The van der Waals surface area contributed by atoms with Crippen LogP contribution < -0.4 is 4.90 Å². The van der Waals surface area contributed by atoms with Crippen LogP contribution in [0.4, 0.5) is 17.3 Å². The van der Waals surface area contributed by atoms with E-state index in [1.807, 2.05) is 0 Å². The van der Waals surface area contributed by atoms with Gasteiger partial charge in [0.1, 0.15) is 11.3 Å². The van der Waals surface area contributed by atoms with Gasteiger partial charge in [-0.05, 0) is 54.8 Å². The molecule has 0 aliphatic rings. The Kier molecular flexibility index (Phi) is 4.42. The molecule has 0 N–H and O–H groups in total. The Morgan fingerprint density at radius 1 is 0.611 bits per heavy atom. The van der Waals surface area contributed by atoms with Crippen LogP contribution in [-0.4, -0.2) is 18.8 Å². The number of nitrogens with zero attached hydrogens (tertiary/aromatic N) is 5. The summed E-state index contributed by atoms with van der Waals surface area (Å²) >= 11 is 0. The Morgan fingerprint density at radius 3 is 1.58 bits per heavy atom. The number of anilines is 3. The van der Waals surface area contributed by atoms with Crippen molar-refractivity contribution in [1.82, 2.24) is 18.8 Å². The van der Waals surface area contributed by atoms with E-state index in [-0.39, 0.29) is 0 Å². The number of pyridine rings is 2. The van der Waals surface area contributed by atoms with Gasteiger partial charge in [-0.3, -0.25) is 4.90 Å². The minimum atomic E-state index is 0.842. The molecule has 0 fully saturated rings. The molecule has 36 heavy (non-hydrogen) atoms. The molecule has 0 unspecified atom stereocenters. The maximum Gasteiger partial charge on any atom is 0.158 e. The molecule has 0 atom stereocenters. The van der Waals surface area contributed by atoms with Crippen molar-refractivity contribution in [2.45, 2.75) is 20.8 Å². The minimum Gasteiger partial charge on any atom is -0.304 e. The standard InChI is InChI=1S/C31H25N5/c1-20-16-21(2)29(22(3)17-20)36(27-18-34-14-12-23-8-4-6-10-25(23)30(34)32-27)28-19-35-15-13-24-9-5-7-11-26(24)31(35)33-28/h4-19H,1-3H3. The van der Waals surface area contributed by atoms with E-state index < -0.39 is 0 Å². The molecule has 0 aliphatic carbocycles. The number of imidazole rings is 2. The highest BCUT2D eigenvalue weighted by Crippen LogP contribution is 2.39. The summed E-state index contributed by atoms with van der Waals surface area (Å²) in [6, 6.07) is 25.5. The summed E-state index contributed by atoms with van der Waals surface area (Å²) in [6.07, 6.45) is 8.36. The lowest BCUT2D eigenvalue weighted by atomic mass is 10.0. The van der Waals surface area contributed by atoms with E-state index in [1.165, 1.54) is 27.5 Å². The first-order chi connectivity index (χ1) is 17.6. The molecule has 7 aromatic rings. The van der Waals surface area contributed by atoms with Gasteiger partial charge in [0.15, 0.2) is 11.6 Å². The molecule has 0 radical (unpaired) electrons. The lowest BCUT2D eigenvalue weighted by Gasteiger charge is -2.24. The van der Waals surface area contributed by atoms with Gasteiger partial charge < -0.3 is 8.80 Å². The van der Waals surface area contributed by atoms with Gasteiger partial charge in [-0.2, -0.15) is 0 Å². The molecule has 5 heteroatoms. The Bertz CT molecular complexity index is 1810. The molecule has 0 saturated carbocycles. The van der Waals surface area contributed by atoms with Crippen LogP contribution in [0.25, 0.3) is 32.8 Å². The van der Waals surface area contributed by atoms with Gasteiger partial charge in [-0.15, -0.1) is 0 Å². The lowest BCUT2D eigenvalue weighted by Crippen LogP contribution is -2.14. The summed E-state index contributed by atoms with van der Waals surface area (Å²) in [7, 11) is 0. The second kappa shape index (κ2) is 7.68. The molecule has 0 amide bonds. The molecular formula is C31H25N5. The van der Waals surface area contributed by atoms with Gasteiger partial charge in [-0.1, -0.05) is 66.2 Å². The number of aromatic nitrogens is 4. The average Bonchev–Trinajstić information content (AvgIpc) is 3.51. The van der Waals surface area contributed by atoms with Crippen LogP contribution in [0.1, 0.15) is 16.7 Å². The van der Waals surface area contributed by atoms with Crippen LogP contribution in [0, 0.1) is 20.8 Å². The van der Waals surface area contributed by atoms with Gasteiger partial charge in [0.05, 0.1) is 18.1 Å². The number of hydrogen-bond acceptors (Lipinski definition) is 3. The predicted octanol–water partition coefficient (Wildman–Crippen LogP) is 7.68. The monoisotopic (exact) mass is 467 g/mol. The average molecular weight is 468 g/mol. The highest BCUT2D eigenvalue weighted by Gasteiger charge is 2.23. The molecule has 7 rings (SSSR count). The Morgan fingerprint density at radius 2 is 1.08 bits per heavy atom. The van der Waals surface area contributed by atoms with Crippen molar-refractivity contribution in [3.63, 3.8) is 0 Å². The van der Waals surface area contributed by atoms with Crippen molar-refractivity contribution in [2.24, 2.45) is 0 Å². The molecule has 0 spiro atoms. The quantitative estimate of drug-likeness (QED) is 0.267. The van der Waals surface area contributed by atoms with Crippen LogP contribution in [0.5, 0.6) is 0 Å². The first-order valence-electron chi connectivity index (χ1n) is 12.2. The van der Waals surface area contributed by atoms with Crippen LogP contribution in [0.2, 0.25) is 0 Å². The van der Waals surface area contributed by atoms with E-state index in [4.69, 9.17) is 9.97 Å². The number of fused-ring (bicyclic) bond motifs is 6. The minimum absolute atomic E-state index is 0.842. The smallest absolute Gasteiger partial charge is 0.158 e. The third-order valence-corrected chi connectivity index (χ3v) is 6.99. The van der Waals surface area contributed by atoms with Crippen molar-refractivity contribution in [1.29, 1.82) is 0 Å². The third kappa shape index (κ3) is 3.09. The topological polar surface area (TPSA) is 37.8 Å². The summed E-state index contributed by atoms with van der Waals surface area (Å²) < 4.78 is 4.21. The van der Waals surface area contributed by atoms with Gasteiger partial charge in [0, 0.05) is 23.2 Å². The molecule has 4 heterocycles. The third-order valence-electron chi connectivity index (χ3n) is 6.99. The molecule has 5 nitrogen and oxygen atoms in total. The van der Waals surface area contributed by atoms with Gasteiger partial charge in [-0.25, -0.2) is 9.97 Å². The zero-order valence-electron chi connectivity index (χ0n) is 20.5. The van der Waals surface area contributed by atoms with Crippen molar-refractivity contribution in [3.05, 3.63) is 114 Å². The SMILES string of the molecule is Cc1cc(C)c(N(c2cn3ccc4ccccc4c3n2)c2cn3ccc4ccccc4c3n2)c(C)c1. The fraction of sp³-hybridized carbons (Fsp3) is 0.0968. The maximum atomic E-state index is 5.17. The normalized spacial score (nSPS) is 11.8. The van der Waals surface area contributed by atoms with Gasteiger partial charge in [0.2, 0.25) is 0 Å². The fourth-order valence-electron chi connectivity index (χ4n) is 5.49. The van der Waals surface area contributed by atoms with Crippen LogP contribution in [0.3, 0.4) is 0 Å². The van der Waals surface area contributed by atoms with Gasteiger partial charge >= 0.3 is 0 Å². The number of rotatable bonds is 3. The summed E-state index contributed by atoms with van der Waals surface area (Å²) in [4.78, 5) is 12.5. The zero-order chi connectivity index (χ0) is 24.4. The molecular weight excluding hydrogens is 442 g/mol. The molecule has 0 aliphatic heterocycles.